The van der Waals surface area contributed by atoms with Crippen molar-refractivity contribution < 1.29 is 9.63 Å². The minimum atomic E-state index is -0.287. The van der Waals surface area contributed by atoms with Crippen molar-refractivity contribution in [1.29, 1.82) is 0 Å². The molecule has 4 nitrogen and oxygen atoms in total. The Labute approximate surface area is 88.7 Å². The molecule has 15 heavy (non-hydrogen) atoms. The molecule has 2 aliphatic carbocycles. The van der Waals surface area contributed by atoms with Crippen molar-refractivity contribution in [3.8, 4) is 0 Å². The molecule has 2 saturated carbocycles. The van der Waals surface area contributed by atoms with Crippen molar-refractivity contribution in [1.82, 2.24) is 10.1 Å². The van der Waals surface area contributed by atoms with E-state index in [0.717, 1.165) is 31.5 Å². The first-order valence-electron chi connectivity index (χ1n) is 5.68. The van der Waals surface area contributed by atoms with Gasteiger partial charge in [0.2, 0.25) is 5.89 Å². The first kappa shape index (κ1) is 9.33. The van der Waals surface area contributed by atoms with Crippen molar-refractivity contribution >= 4 is 0 Å². The quantitative estimate of drug-likeness (QED) is 0.813. The summed E-state index contributed by atoms with van der Waals surface area (Å²) in [6, 6.07) is 0. The summed E-state index contributed by atoms with van der Waals surface area (Å²) in [6.07, 6.45) is 4.81. The fraction of sp³-hybridized carbons (Fsp3) is 0.818. The van der Waals surface area contributed by atoms with Crippen molar-refractivity contribution in [3.63, 3.8) is 0 Å². The fourth-order valence-corrected chi connectivity index (χ4v) is 1.82. The second kappa shape index (κ2) is 3.04. The predicted octanol–water partition coefficient (Wildman–Crippen LogP) is 1.43. The summed E-state index contributed by atoms with van der Waals surface area (Å²) in [4.78, 5) is 4.36. The van der Waals surface area contributed by atoms with Gasteiger partial charge in [0.05, 0.1) is 12.5 Å². The molecule has 0 saturated heterocycles. The van der Waals surface area contributed by atoms with Gasteiger partial charge in [0, 0.05) is 5.41 Å². The third-order valence-electron chi connectivity index (χ3n) is 3.56. The van der Waals surface area contributed by atoms with Crippen molar-refractivity contribution in [2.24, 2.45) is 5.92 Å². The zero-order chi connectivity index (χ0) is 10.5. The summed E-state index contributed by atoms with van der Waals surface area (Å²) < 4.78 is 5.16. The average Bonchev–Trinajstić information content (AvgIpc) is 3.10. The third kappa shape index (κ3) is 1.78. The summed E-state index contributed by atoms with van der Waals surface area (Å²) in [6.45, 7) is 2.15. The minimum absolute atomic E-state index is 0.159. The highest BCUT2D eigenvalue weighted by Gasteiger charge is 2.43. The smallest absolute Gasteiger partial charge is 0.229 e. The van der Waals surface area contributed by atoms with E-state index in [4.69, 9.17) is 4.52 Å². The van der Waals surface area contributed by atoms with Gasteiger partial charge < -0.3 is 9.63 Å². The average molecular weight is 208 g/mol. The normalized spacial score (nSPS) is 25.2. The van der Waals surface area contributed by atoms with Crippen LogP contribution in [0.2, 0.25) is 0 Å². The molecule has 1 N–H and O–H groups in total. The molecule has 82 valence electrons. The van der Waals surface area contributed by atoms with Crippen molar-refractivity contribution in [2.45, 2.75) is 50.5 Å². The summed E-state index contributed by atoms with van der Waals surface area (Å²) in [5.41, 5.74) is 0.159. The van der Waals surface area contributed by atoms with Gasteiger partial charge in [-0.2, -0.15) is 4.98 Å². The molecule has 1 aromatic heterocycles. The Morgan fingerprint density at radius 2 is 2.27 bits per heavy atom. The van der Waals surface area contributed by atoms with Gasteiger partial charge >= 0.3 is 0 Å². The van der Waals surface area contributed by atoms with Crippen LogP contribution in [0.1, 0.15) is 44.3 Å². The molecule has 0 amide bonds. The maximum absolute atomic E-state index is 9.74. The van der Waals surface area contributed by atoms with Crippen molar-refractivity contribution in [3.05, 3.63) is 11.7 Å². The molecule has 0 aliphatic heterocycles. The molecule has 0 aromatic carbocycles. The highest BCUT2D eigenvalue weighted by Crippen LogP contribution is 2.46. The molecule has 1 atom stereocenters. The Hall–Kier alpha value is -0.900. The molecular formula is C11H16N2O2. The summed E-state index contributed by atoms with van der Waals surface area (Å²) in [7, 11) is 0. The number of rotatable bonds is 4. The number of hydrogen-bond donors (Lipinski definition) is 1. The molecule has 0 spiro atoms. The van der Waals surface area contributed by atoms with Gasteiger partial charge in [-0.05, 0) is 31.6 Å². The van der Waals surface area contributed by atoms with Crippen LogP contribution in [0.4, 0.5) is 0 Å². The first-order valence-corrected chi connectivity index (χ1v) is 5.68. The minimum Gasteiger partial charge on any atom is -0.392 e. The number of hydrogen-bond acceptors (Lipinski definition) is 4. The van der Waals surface area contributed by atoms with Crippen LogP contribution in [0.15, 0.2) is 4.52 Å². The third-order valence-corrected chi connectivity index (χ3v) is 3.56. The van der Waals surface area contributed by atoms with Crippen LogP contribution in [0, 0.1) is 5.92 Å². The Balaban J connectivity index is 1.67. The molecule has 4 heteroatoms. The molecule has 0 bridgehead atoms. The van der Waals surface area contributed by atoms with Gasteiger partial charge in [0.25, 0.3) is 0 Å². The number of aliphatic hydroxyl groups excluding tert-OH is 1. The van der Waals surface area contributed by atoms with Gasteiger partial charge in [-0.1, -0.05) is 12.1 Å². The highest BCUT2D eigenvalue weighted by molar-refractivity contribution is 5.14. The van der Waals surface area contributed by atoms with Crippen LogP contribution >= 0.6 is 0 Å². The highest BCUT2D eigenvalue weighted by atomic mass is 16.5. The van der Waals surface area contributed by atoms with Crippen molar-refractivity contribution in [2.75, 3.05) is 0 Å². The Bertz CT molecular complexity index is 366. The zero-order valence-electron chi connectivity index (χ0n) is 8.94. The molecule has 2 fully saturated rings. The van der Waals surface area contributed by atoms with Crippen LogP contribution in [0.25, 0.3) is 0 Å². The second-order valence-corrected chi connectivity index (χ2v) is 5.18. The molecular weight excluding hydrogens is 192 g/mol. The van der Waals surface area contributed by atoms with Crippen LogP contribution in [0.5, 0.6) is 0 Å². The summed E-state index contributed by atoms with van der Waals surface area (Å²) in [5.74, 6) is 1.88. The van der Waals surface area contributed by atoms with Crippen LogP contribution in [-0.4, -0.2) is 21.4 Å². The van der Waals surface area contributed by atoms with Crippen LogP contribution in [-0.2, 0) is 11.8 Å². The second-order valence-electron chi connectivity index (χ2n) is 5.18. The number of aromatic nitrogens is 2. The lowest BCUT2D eigenvalue weighted by Crippen LogP contribution is -2.13. The van der Waals surface area contributed by atoms with E-state index in [1.54, 1.807) is 0 Å². The first-order chi connectivity index (χ1) is 7.17. The molecule has 0 radical (unpaired) electrons. The number of nitrogens with zero attached hydrogens (tertiary/aromatic N) is 2. The Kier molecular flexibility index (Phi) is 1.89. The van der Waals surface area contributed by atoms with E-state index in [-0.39, 0.29) is 11.5 Å². The lowest BCUT2D eigenvalue weighted by Gasteiger charge is -2.03. The molecule has 3 rings (SSSR count). The van der Waals surface area contributed by atoms with Gasteiger partial charge in [-0.3, -0.25) is 0 Å². The lowest BCUT2D eigenvalue weighted by molar-refractivity contribution is 0.140. The van der Waals surface area contributed by atoms with Gasteiger partial charge in [0.1, 0.15) is 0 Å². The molecule has 1 heterocycles. The van der Waals surface area contributed by atoms with E-state index in [2.05, 4.69) is 17.1 Å². The standard InChI is InChI=1S/C11H16N2O2/c1-11(4-5-11)10-12-9(15-13-10)6-8(14)7-2-3-7/h7-8,14H,2-6H2,1H3. The molecule has 1 unspecified atom stereocenters. The zero-order valence-corrected chi connectivity index (χ0v) is 8.94. The molecule has 1 aromatic rings. The molecule has 2 aliphatic rings. The van der Waals surface area contributed by atoms with Crippen LogP contribution < -0.4 is 0 Å². The van der Waals surface area contributed by atoms with E-state index in [1.165, 1.54) is 0 Å². The largest absolute Gasteiger partial charge is 0.392 e. The monoisotopic (exact) mass is 208 g/mol. The Morgan fingerprint density at radius 3 is 2.87 bits per heavy atom. The fourth-order valence-electron chi connectivity index (χ4n) is 1.82. The van der Waals surface area contributed by atoms with E-state index < -0.39 is 0 Å². The maximum atomic E-state index is 9.74. The van der Waals surface area contributed by atoms with E-state index in [9.17, 15) is 5.11 Å². The SMILES string of the molecule is CC1(c2noc(CC(O)C3CC3)n2)CC1. The van der Waals surface area contributed by atoms with E-state index >= 15 is 0 Å². The topological polar surface area (TPSA) is 59.2 Å². The summed E-state index contributed by atoms with van der Waals surface area (Å²) >= 11 is 0. The number of aliphatic hydroxyl groups is 1. The van der Waals surface area contributed by atoms with Gasteiger partial charge in [0.15, 0.2) is 5.82 Å². The lowest BCUT2D eigenvalue weighted by atomic mass is 10.1. The maximum Gasteiger partial charge on any atom is 0.229 e. The predicted molar refractivity (Wildman–Crippen MR) is 53.3 cm³/mol. The van der Waals surface area contributed by atoms with Crippen LogP contribution in [0.3, 0.4) is 0 Å². The van der Waals surface area contributed by atoms with Gasteiger partial charge in [-0.15, -0.1) is 0 Å². The van der Waals surface area contributed by atoms with E-state index in [0.29, 0.717) is 18.2 Å². The summed E-state index contributed by atoms with van der Waals surface area (Å²) in [5, 5.41) is 13.7. The Morgan fingerprint density at radius 1 is 1.53 bits per heavy atom. The van der Waals surface area contributed by atoms with Gasteiger partial charge in [-0.25, -0.2) is 0 Å². The van der Waals surface area contributed by atoms with E-state index in [1.807, 2.05) is 0 Å².